The van der Waals surface area contributed by atoms with Crippen LogP contribution in [0.1, 0.15) is 31.9 Å². The van der Waals surface area contributed by atoms with Crippen LogP contribution in [0, 0.1) is 0 Å². The van der Waals surface area contributed by atoms with Crippen molar-refractivity contribution in [2.24, 2.45) is 4.99 Å². The van der Waals surface area contributed by atoms with Gasteiger partial charge in [-0.25, -0.2) is 4.99 Å². The largest absolute Gasteiger partial charge is 0.544 e. The van der Waals surface area contributed by atoms with E-state index in [4.69, 9.17) is 4.43 Å². The highest BCUT2D eigenvalue weighted by molar-refractivity contribution is 6.74. The first-order chi connectivity index (χ1) is 13.1. The van der Waals surface area contributed by atoms with Crippen LogP contribution in [-0.2, 0) is 11.2 Å². The molecular weight excluding hydrogens is 364 g/mol. The maximum atomic E-state index is 12.2. The van der Waals surface area contributed by atoms with Crippen molar-refractivity contribution in [3.05, 3.63) is 71.4 Å². The summed E-state index contributed by atoms with van der Waals surface area (Å²) in [6.07, 6.45) is 2.42. The van der Waals surface area contributed by atoms with Gasteiger partial charge in [0.15, 0.2) is 0 Å². The lowest BCUT2D eigenvalue weighted by molar-refractivity contribution is -0.115. The molecule has 2 aromatic carbocycles. The Labute approximate surface area is 168 Å². The fraction of sp³-hybridized carbons (Fsp3) is 0.304. The average molecular weight is 393 g/mol. The Morgan fingerprint density at radius 3 is 2.29 bits per heavy atom. The second kappa shape index (κ2) is 7.76. The fourth-order valence-electron chi connectivity index (χ4n) is 2.63. The second-order valence-electron chi connectivity index (χ2n) is 8.64. The van der Waals surface area contributed by atoms with Gasteiger partial charge in [0.1, 0.15) is 17.3 Å². The molecule has 0 saturated carbocycles. The first kappa shape index (κ1) is 20.1. The predicted octanol–water partition coefficient (Wildman–Crippen LogP) is 5.18. The lowest BCUT2D eigenvalue weighted by atomic mass is 10.1. The Balaban J connectivity index is 1.72. The van der Waals surface area contributed by atoms with Crippen molar-refractivity contribution in [2.75, 3.05) is 0 Å². The Hall–Kier alpha value is -2.66. The number of aliphatic imine (C=N–C) groups is 1. The Bertz CT molecular complexity index is 908. The van der Waals surface area contributed by atoms with Crippen LogP contribution in [0.3, 0.4) is 0 Å². The summed E-state index contributed by atoms with van der Waals surface area (Å²) in [7, 11) is -1.86. The van der Waals surface area contributed by atoms with Gasteiger partial charge in [-0.05, 0) is 47.5 Å². The lowest BCUT2D eigenvalue weighted by Crippen LogP contribution is -2.43. The molecule has 0 atom stereocenters. The van der Waals surface area contributed by atoms with E-state index in [0.29, 0.717) is 18.0 Å². The average Bonchev–Trinajstić information content (AvgIpc) is 2.95. The molecular formula is C23H28N2O2Si. The molecule has 3 rings (SSSR count). The summed E-state index contributed by atoms with van der Waals surface area (Å²) in [6.45, 7) is 11.1. The molecule has 0 radical (unpaired) electrons. The van der Waals surface area contributed by atoms with Gasteiger partial charge in [-0.2, -0.15) is 0 Å². The third-order valence-corrected chi connectivity index (χ3v) is 9.68. The van der Waals surface area contributed by atoms with E-state index in [2.05, 4.69) is 44.2 Å². The quantitative estimate of drug-likeness (QED) is 0.563. The van der Waals surface area contributed by atoms with E-state index in [0.717, 1.165) is 16.9 Å². The number of nitrogens with zero attached hydrogens (tertiary/aromatic N) is 1. The molecule has 5 heteroatoms. The van der Waals surface area contributed by atoms with Gasteiger partial charge in [0, 0.05) is 6.42 Å². The fourth-order valence-corrected chi connectivity index (χ4v) is 3.66. The first-order valence-corrected chi connectivity index (χ1v) is 12.5. The molecule has 4 nitrogen and oxygen atoms in total. The monoisotopic (exact) mass is 392 g/mol. The molecule has 0 fully saturated rings. The maximum Gasteiger partial charge on any atom is 0.275 e. The third-order valence-electron chi connectivity index (χ3n) is 5.32. The van der Waals surface area contributed by atoms with Crippen LogP contribution in [0.5, 0.6) is 5.75 Å². The van der Waals surface area contributed by atoms with Gasteiger partial charge in [-0.15, -0.1) is 0 Å². The van der Waals surface area contributed by atoms with Crippen LogP contribution in [-0.4, -0.2) is 20.1 Å². The summed E-state index contributed by atoms with van der Waals surface area (Å²) >= 11 is 0. The SMILES string of the molecule is CC(C)(C)[Si](C)(C)Oc1ccc(/C=C2/N=C(Cc3ccccc3)NC2=O)cc1. The van der Waals surface area contributed by atoms with Crippen molar-refractivity contribution in [2.45, 2.75) is 45.3 Å². The van der Waals surface area contributed by atoms with Crippen molar-refractivity contribution in [3.8, 4) is 5.75 Å². The number of carbonyl (C=O) groups excluding carboxylic acids is 1. The van der Waals surface area contributed by atoms with Crippen molar-refractivity contribution in [1.29, 1.82) is 0 Å². The highest BCUT2D eigenvalue weighted by Gasteiger charge is 2.38. The number of amides is 1. The number of benzene rings is 2. The molecule has 1 amide bonds. The van der Waals surface area contributed by atoms with E-state index in [1.165, 1.54) is 0 Å². The number of rotatable bonds is 5. The zero-order chi connectivity index (χ0) is 20.4. The van der Waals surface area contributed by atoms with E-state index in [1.807, 2.05) is 60.7 Å². The van der Waals surface area contributed by atoms with Gasteiger partial charge in [-0.1, -0.05) is 63.2 Å². The summed E-state index contributed by atoms with van der Waals surface area (Å²) in [4.78, 5) is 16.7. The molecule has 0 spiro atoms. The standard InChI is InChI=1S/C23H28N2O2Si/c1-23(2,3)28(4,5)27-19-13-11-18(12-14-19)15-20-22(26)25-21(24-20)16-17-9-7-6-8-10-17/h6-15H,16H2,1-5H3,(H,24,25,26)/b20-15+. The molecule has 0 bridgehead atoms. The third kappa shape index (κ3) is 4.78. The van der Waals surface area contributed by atoms with Crippen molar-refractivity contribution < 1.29 is 9.22 Å². The van der Waals surface area contributed by atoms with E-state index in [1.54, 1.807) is 0 Å². The van der Waals surface area contributed by atoms with Gasteiger partial charge in [0.05, 0.1) is 0 Å². The van der Waals surface area contributed by atoms with Crippen LogP contribution in [0.2, 0.25) is 18.1 Å². The topological polar surface area (TPSA) is 50.7 Å². The maximum absolute atomic E-state index is 12.2. The van der Waals surface area contributed by atoms with Crippen molar-refractivity contribution in [3.63, 3.8) is 0 Å². The number of carbonyl (C=O) groups is 1. The highest BCUT2D eigenvalue weighted by Crippen LogP contribution is 2.37. The molecule has 28 heavy (non-hydrogen) atoms. The molecule has 146 valence electrons. The minimum Gasteiger partial charge on any atom is -0.544 e. The first-order valence-electron chi connectivity index (χ1n) is 9.58. The summed E-state index contributed by atoms with van der Waals surface area (Å²) in [5.41, 5.74) is 2.48. The van der Waals surface area contributed by atoms with Gasteiger partial charge in [-0.3, -0.25) is 4.79 Å². The summed E-state index contributed by atoms with van der Waals surface area (Å²) in [5, 5.41) is 3.01. The number of hydrogen-bond acceptors (Lipinski definition) is 3. The van der Waals surface area contributed by atoms with Crippen LogP contribution in [0.25, 0.3) is 6.08 Å². The molecule has 2 aromatic rings. The van der Waals surface area contributed by atoms with Crippen LogP contribution in [0.15, 0.2) is 65.3 Å². The zero-order valence-electron chi connectivity index (χ0n) is 17.2. The highest BCUT2D eigenvalue weighted by atomic mass is 28.4. The number of amidine groups is 1. The molecule has 0 aromatic heterocycles. The second-order valence-corrected chi connectivity index (χ2v) is 13.4. The molecule has 0 unspecified atom stereocenters. The summed E-state index contributed by atoms with van der Waals surface area (Å²) in [6, 6.07) is 17.9. The molecule has 0 saturated heterocycles. The molecule has 1 heterocycles. The minimum absolute atomic E-state index is 0.152. The molecule has 1 N–H and O–H groups in total. The molecule has 1 aliphatic heterocycles. The summed E-state index contributed by atoms with van der Waals surface area (Å²) < 4.78 is 6.31. The van der Waals surface area contributed by atoms with Gasteiger partial charge < -0.3 is 9.74 Å². The predicted molar refractivity (Wildman–Crippen MR) is 118 cm³/mol. The van der Waals surface area contributed by atoms with Gasteiger partial charge in [0.25, 0.3) is 5.91 Å². The minimum atomic E-state index is -1.86. The van der Waals surface area contributed by atoms with Crippen molar-refractivity contribution >= 4 is 26.1 Å². The zero-order valence-corrected chi connectivity index (χ0v) is 18.2. The van der Waals surface area contributed by atoms with E-state index in [-0.39, 0.29) is 10.9 Å². The van der Waals surface area contributed by atoms with E-state index in [9.17, 15) is 4.79 Å². The molecule has 0 aliphatic carbocycles. The summed E-state index contributed by atoms with van der Waals surface area (Å²) in [5.74, 6) is 1.39. The molecule has 1 aliphatic rings. The van der Waals surface area contributed by atoms with Gasteiger partial charge >= 0.3 is 0 Å². The number of hydrogen-bond donors (Lipinski definition) is 1. The van der Waals surface area contributed by atoms with Crippen LogP contribution >= 0.6 is 0 Å². The number of nitrogens with one attached hydrogen (secondary N) is 1. The normalized spacial score (nSPS) is 16.1. The lowest BCUT2D eigenvalue weighted by Gasteiger charge is -2.36. The van der Waals surface area contributed by atoms with Crippen molar-refractivity contribution in [1.82, 2.24) is 5.32 Å². The Morgan fingerprint density at radius 1 is 1.04 bits per heavy atom. The van der Waals surface area contributed by atoms with E-state index >= 15 is 0 Å². The van der Waals surface area contributed by atoms with E-state index < -0.39 is 8.32 Å². The smallest absolute Gasteiger partial charge is 0.275 e. The van der Waals surface area contributed by atoms with Gasteiger partial charge in [0.2, 0.25) is 8.32 Å². The Morgan fingerprint density at radius 2 is 1.68 bits per heavy atom. The Kier molecular flexibility index (Phi) is 5.56. The van der Waals surface area contributed by atoms with Crippen LogP contribution in [0.4, 0.5) is 0 Å². The van der Waals surface area contributed by atoms with Crippen LogP contribution < -0.4 is 9.74 Å².